The number of sulfonamides is 1. The fourth-order valence-corrected chi connectivity index (χ4v) is 5.92. The molecule has 0 aliphatic carbocycles. The largest absolute Gasteiger partial charge is 0.338 e. The van der Waals surface area contributed by atoms with Gasteiger partial charge >= 0.3 is 0 Å². The van der Waals surface area contributed by atoms with E-state index in [1.54, 1.807) is 36.4 Å². The second kappa shape index (κ2) is 9.20. The van der Waals surface area contributed by atoms with E-state index < -0.39 is 16.1 Å². The van der Waals surface area contributed by atoms with E-state index in [0.29, 0.717) is 38.0 Å². The summed E-state index contributed by atoms with van der Waals surface area (Å²) < 4.78 is 27.3. The van der Waals surface area contributed by atoms with Crippen LogP contribution in [-0.4, -0.2) is 48.6 Å². The molecule has 0 bridgehead atoms. The highest BCUT2D eigenvalue weighted by Gasteiger charge is 2.39. The second-order valence-electron chi connectivity index (χ2n) is 8.05. The van der Waals surface area contributed by atoms with Gasteiger partial charge in [-0.15, -0.1) is 0 Å². The molecule has 0 spiro atoms. The summed E-state index contributed by atoms with van der Waals surface area (Å²) in [7, 11) is -3.73. The molecule has 2 saturated heterocycles. The topological polar surface area (TPSA) is 86.8 Å². The number of anilines is 1. The van der Waals surface area contributed by atoms with Crippen molar-refractivity contribution in [2.45, 2.75) is 49.6 Å². The summed E-state index contributed by atoms with van der Waals surface area (Å²) in [5.41, 5.74) is 1.55. The van der Waals surface area contributed by atoms with Gasteiger partial charge in [-0.05, 0) is 55.5 Å². The number of benzene rings is 2. The molecule has 2 heterocycles. The van der Waals surface area contributed by atoms with Gasteiger partial charge in [0.15, 0.2) is 0 Å². The standard InChI is InChI=1S/C23H27N3O4S/c27-22-13-4-5-14-25(22)17-18-8-6-9-19(16-18)24-23(28)21-12-7-15-26(21)31(29,30)20-10-2-1-3-11-20/h1-3,6,8-11,16,21H,4-5,7,12-15,17H2,(H,24,28). The Bertz CT molecular complexity index is 1060. The van der Waals surface area contributed by atoms with Gasteiger partial charge in [0, 0.05) is 31.7 Å². The Labute approximate surface area is 183 Å². The summed E-state index contributed by atoms with van der Waals surface area (Å²) in [5.74, 6) is -0.170. The molecule has 0 radical (unpaired) electrons. The Morgan fingerprint density at radius 3 is 2.58 bits per heavy atom. The van der Waals surface area contributed by atoms with Crippen molar-refractivity contribution in [2.75, 3.05) is 18.4 Å². The zero-order valence-corrected chi connectivity index (χ0v) is 18.2. The molecule has 1 atom stereocenters. The molecular weight excluding hydrogens is 414 g/mol. The highest BCUT2D eigenvalue weighted by molar-refractivity contribution is 7.89. The molecular formula is C23H27N3O4S. The van der Waals surface area contributed by atoms with Crippen LogP contribution in [0.3, 0.4) is 0 Å². The second-order valence-corrected chi connectivity index (χ2v) is 9.94. The third-order valence-electron chi connectivity index (χ3n) is 5.85. The first-order valence-corrected chi connectivity index (χ1v) is 12.1. The molecule has 2 fully saturated rings. The lowest BCUT2D eigenvalue weighted by Crippen LogP contribution is -2.43. The van der Waals surface area contributed by atoms with E-state index in [0.717, 1.165) is 24.9 Å². The van der Waals surface area contributed by atoms with Crippen LogP contribution in [0, 0.1) is 0 Å². The molecule has 8 heteroatoms. The molecule has 2 aliphatic rings. The zero-order chi connectivity index (χ0) is 21.8. The monoisotopic (exact) mass is 441 g/mol. The highest BCUT2D eigenvalue weighted by Crippen LogP contribution is 2.27. The van der Waals surface area contributed by atoms with E-state index in [4.69, 9.17) is 0 Å². The molecule has 1 N–H and O–H groups in total. The predicted octanol–water partition coefficient (Wildman–Crippen LogP) is 2.99. The van der Waals surface area contributed by atoms with Gasteiger partial charge in [0.05, 0.1) is 4.90 Å². The molecule has 1 unspecified atom stereocenters. The maximum absolute atomic E-state index is 13.0. The Morgan fingerprint density at radius 2 is 1.81 bits per heavy atom. The van der Waals surface area contributed by atoms with Crippen LogP contribution >= 0.6 is 0 Å². The lowest BCUT2D eigenvalue weighted by Gasteiger charge is -2.27. The summed E-state index contributed by atoms with van der Waals surface area (Å²) in [6.45, 7) is 1.59. The molecule has 2 amide bonds. The Kier molecular flexibility index (Phi) is 6.38. The van der Waals surface area contributed by atoms with Crippen molar-refractivity contribution >= 4 is 27.5 Å². The van der Waals surface area contributed by atoms with Crippen molar-refractivity contribution in [2.24, 2.45) is 0 Å². The predicted molar refractivity (Wildman–Crippen MR) is 118 cm³/mol. The van der Waals surface area contributed by atoms with E-state index in [9.17, 15) is 18.0 Å². The summed E-state index contributed by atoms with van der Waals surface area (Å²) >= 11 is 0. The average molecular weight is 442 g/mol. The summed E-state index contributed by atoms with van der Waals surface area (Å²) in [6, 6.07) is 14.9. The number of rotatable bonds is 6. The van der Waals surface area contributed by atoms with Crippen molar-refractivity contribution in [1.82, 2.24) is 9.21 Å². The van der Waals surface area contributed by atoms with Gasteiger partial charge in [0.2, 0.25) is 21.8 Å². The third kappa shape index (κ3) is 4.80. The van der Waals surface area contributed by atoms with Crippen molar-refractivity contribution < 1.29 is 18.0 Å². The van der Waals surface area contributed by atoms with Gasteiger partial charge in [0.25, 0.3) is 0 Å². The number of nitrogens with zero attached hydrogens (tertiary/aromatic N) is 2. The Hall–Kier alpha value is -2.71. The SMILES string of the molecule is O=C(Nc1cccc(CN2CCCCC2=O)c1)C1CCCN1S(=O)(=O)c1ccccc1. The quantitative estimate of drug-likeness (QED) is 0.747. The van der Waals surface area contributed by atoms with E-state index in [2.05, 4.69) is 5.32 Å². The number of amides is 2. The van der Waals surface area contributed by atoms with Gasteiger partial charge in [-0.3, -0.25) is 9.59 Å². The van der Waals surface area contributed by atoms with Crippen LogP contribution in [0.1, 0.15) is 37.7 Å². The van der Waals surface area contributed by atoms with Crippen LogP contribution in [0.15, 0.2) is 59.5 Å². The molecule has 164 valence electrons. The highest BCUT2D eigenvalue weighted by atomic mass is 32.2. The lowest BCUT2D eigenvalue weighted by atomic mass is 10.1. The number of carbonyl (C=O) groups is 2. The third-order valence-corrected chi connectivity index (χ3v) is 7.77. The minimum Gasteiger partial charge on any atom is -0.338 e. The minimum absolute atomic E-state index is 0.161. The maximum Gasteiger partial charge on any atom is 0.243 e. The Balaban J connectivity index is 1.46. The first-order chi connectivity index (χ1) is 14.9. The van der Waals surface area contributed by atoms with Crippen LogP contribution in [0.4, 0.5) is 5.69 Å². The molecule has 31 heavy (non-hydrogen) atoms. The lowest BCUT2D eigenvalue weighted by molar-refractivity contribution is -0.133. The van der Waals surface area contributed by atoms with E-state index >= 15 is 0 Å². The van der Waals surface area contributed by atoms with Crippen LogP contribution in [0.5, 0.6) is 0 Å². The van der Waals surface area contributed by atoms with Gasteiger partial charge in [-0.1, -0.05) is 30.3 Å². The van der Waals surface area contributed by atoms with E-state index in [1.807, 2.05) is 23.1 Å². The van der Waals surface area contributed by atoms with E-state index in [1.165, 1.54) is 4.31 Å². The Morgan fingerprint density at radius 1 is 1.00 bits per heavy atom. The van der Waals surface area contributed by atoms with Crippen molar-refractivity contribution in [1.29, 1.82) is 0 Å². The number of likely N-dealkylation sites (tertiary alicyclic amines) is 1. The molecule has 0 saturated carbocycles. The van der Waals surface area contributed by atoms with Crippen LogP contribution in [0.2, 0.25) is 0 Å². The fraction of sp³-hybridized carbons (Fsp3) is 0.391. The molecule has 2 aromatic carbocycles. The normalized spacial score (nSPS) is 20.1. The van der Waals surface area contributed by atoms with Crippen molar-refractivity contribution in [3.8, 4) is 0 Å². The zero-order valence-electron chi connectivity index (χ0n) is 17.4. The maximum atomic E-state index is 13.0. The molecule has 2 aliphatic heterocycles. The number of nitrogens with one attached hydrogen (secondary N) is 1. The molecule has 4 rings (SSSR count). The minimum atomic E-state index is -3.73. The fourth-order valence-electron chi connectivity index (χ4n) is 4.24. The summed E-state index contributed by atoms with van der Waals surface area (Å²) in [4.78, 5) is 27.1. The molecule has 2 aromatic rings. The van der Waals surface area contributed by atoms with Crippen LogP contribution < -0.4 is 5.32 Å². The van der Waals surface area contributed by atoms with E-state index in [-0.39, 0.29) is 16.7 Å². The van der Waals surface area contributed by atoms with Crippen molar-refractivity contribution in [3.05, 3.63) is 60.2 Å². The van der Waals surface area contributed by atoms with Crippen LogP contribution in [0.25, 0.3) is 0 Å². The van der Waals surface area contributed by atoms with Crippen LogP contribution in [-0.2, 0) is 26.2 Å². The number of hydrogen-bond acceptors (Lipinski definition) is 4. The average Bonchev–Trinajstić information content (AvgIpc) is 3.27. The first kappa shape index (κ1) is 21.5. The van der Waals surface area contributed by atoms with Gasteiger partial charge in [0.1, 0.15) is 6.04 Å². The molecule has 0 aromatic heterocycles. The van der Waals surface area contributed by atoms with Gasteiger partial charge in [-0.25, -0.2) is 8.42 Å². The number of hydrogen-bond donors (Lipinski definition) is 1. The summed E-state index contributed by atoms with van der Waals surface area (Å²) in [5, 5.41) is 2.88. The first-order valence-electron chi connectivity index (χ1n) is 10.7. The molecule has 7 nitrogen and oxygen atoms in total. The van der Waals surface area contributed by atoms with Crippen molar-refractivity contribution in [3.63, 3.8) is 0 Å². The van der Waals surface area contributed by atoms with Gasteiger partial charge in [-0.2, -0.15) is 4.31 Å². The summed E-state index contributed by atoms with van der Waals surface area (Å²) in [6.07, 6.45) is 3.66. The number of piperidine rings is 1. The number of carbonyl (C=O) groups excluding carboxylic acids is 2. The smallest absolute Gasteiger partial charge is 0.243 e. The van der Waals surface area contributed by atoms with Gasteiger partial charge < -0.3 is 10.2 Å².